The Morgan fingerprint density at radius 3 is 1.69 bits per heavy atom. The van der Waals surface area contributed by atoms with Gasteiger partial charge in [0.25, 0.3) is 0 Å². The number of aryl methyl sites for hydroxylation is 1. The number of aromatic hydroxyl groups is 1. The van der Waals surface area contributed by atoms with Crippen molar-refractivity contribution in [3.63, 3.8) is 0 Å². The van der Waals surface area contributed by atoms with Crippen molar-refractivity contribution >= 4 is 0 Å². The van der Waals surface area contributed by atoms with Crippen LogP contribution in [0.25, 0.3) is 0 Å². The zero-order valence-electron chi connectivity index (χ0n) is 7.87. The van der Waals surface area contributed by atoms with Gasteiger partial charge in [0, 0.05) is 0 Å². The molecule has 0 aliphatic heterocycles. The molecule has 7 heteroatoms. The number of hydrogen-bond acceptors (Lipinski definition) is 1. The largest absolute Gasteiger partial charge is 0.507 e. The highest BCUT2D eigenvalue weighted by Crippen LogP contribution is 2.41. The number of halogens is 6. The molecule has 1 rings (SSSR count). The third-order valence-corrected chi connectivity index (χ3v) is 1.95. The third-order valence-electron chi connectivity index (χ3n) is 1.95. The van der Waals surface area contributed by atoms with Crippen molar-refractivity contribution in [1.82, 2.24) is 0 Å². The van der Waals surface area contributed by atoms with Crippen LogP contribution in [0.2, 0.25) is 0 Å². The number of alkyl halides is 6. The lowest BCUT2D eigenvalue weighted by atomic mass is 10.0. The van der Waals surface area contributed by atoms with Crippen LogP contribution in [0.1, 0.15) is 16.7 Å². The van der Waals surface area contributed by atoms with Gasteiger partial charge in [-0.05, 0) is 24.6 Å². The first-order valence-electron chi connectivity index (χ1n) is 4.01. The van der Waals surface area contributed by atoms with Gasteiger partial charge in [0.05, 0.1) is 11.1 Å². The summed E-state index contributed by atoms with van der Waals surface area (Å²) in [4.78, 5) is 0. The minimum absolute atomic E-state index is 0.0815. The van der Waals surface area contributed by atoms with Gasteiger partial charge >= 0.3 is 12.4 Å². The maximum Gasteiger partial charge on any atom is 0.419 e. The van der Waals surface area contributed by atoms with Crippen molar-refractivity contribution in [2.75, 3.05) is 0 Å². The lowest BCUT2D eigenvalue weighted by molar-refractivity contribution is -0.142. The predicted octanol–water partition coefficient (Wildman–Crippen LogP) is 3.74. The molecule has 0 aliphatic carbocycles. The van der Waals surface area contributed by atoms with Gasteiger partial charge in [0.1, 0.15) is 5.75 Å². The summed E-state index contributed by atoms with van der Waals surface area (Å²) < 4.78 is 73.4. The van der Waals surface area contributed by atoms with E-state index in [1.807, 2.05) is 0 Å². The Morgan fingerprint density at radius 2 is 1.31 bits per heavy atom. The molecule has 0 heterocycles. The molecule has 0 aliphatic rings. The van der Waals surface area contributed by atoms with E-state index < -0.39 is 34.8 Å². The first kappa shape index (κ1) is 12.7. The molecular weight excluding hydrogens is 238 g/mol. The normalized spacial score (nSPS) is 12.9. The molecule has 0 aromatic heterocycles. The van der Waals surface area contributed by atoms with Gasteiger partial charge < -0.3 is 5.11 Å². The summed E-state index contributed by atoms with van der Waals surface area (Å²) in [6.45, 7) is 0.900. The number of rotatable bonds is 0. The molecule has 16 heavy (non-hydrogen) atoms. The van der Waals surface area contributed by atoms with Crippen LogP contribution in [0.4, 0.5) is 26.3 Å². The average molecular weight is 244 g/mol. The smallest absolute Gasteiger partial charge is 0.419 e. The van der Waals surface area contributed by atoms with Gasteiger partial charge in [-0.1, -0.05) is 0 Å². The Hall–Kier alpha value is -1.40. The molecule has 0 radical (unpaired) electrons. The van der Waals surface area contributed by atoms with Crippen molar-refractivity contribution in [3.8, 4) is 5.75 Å². The van der Waals surface area contributed by atoms with Crippen LogP contribution < -0.4 is 0 Å². The zero-order valence-corrected chi connectivity index (χ0v) is 7.87. The monoisotopic (exact) mass is 244 g/mol. The molecule has 1 nitrogen and oxygen atoms in total. The highest BCUT2D eigenvalue weighted by atomic mass is 19.4. The second kappa shape index (κ2) is 3.57. The molecule has 0 unspecified atom stereocenters. The first-order valence-corrected chi connectivity index (χ1v) is 4.01. The maximum absolute atomic E-state index is 12.3. The van der Waals surface area contributed by atoms with Crippen molar-refractivity contribution < 1.29 is 31.4 Å². The van der Waals surface area contributed by atoms with Crippen LogP contribution in [0.15, 0.2) is 12.1 Å². The molecular formula is C9H6F6O. The SMILES string of the molecule is Cc1cc(C(F)(F)F)c(O)cc1C(F)(F)F. The highest BCUT2D eigenvalue weighted by Gasteiger charge is 2.38. The van der Waals surface area contributed by atoms with Gasteiger partial charge in [-0.3, -0.25) is 0 Å². The summed E-state index contributed by atoms with van der Waals surface area (Å²) in [5.41, 5.74) is -3.34. The molecule has 90 valence electrons. The van der Waals surface area contributed by atoms with E-state index in [0.29, 0.717) is 0 Å². The van der Waals surface area contributed by atoms with Gasteiger partial charge in [0.2, 0.25) is 0 Å². The quantitative estimate of drug-likeness (QED) is 0.689. The van der Waals surface area contributed by atoms with E-state index >= 15 is 0 Å². The molecule has 0 atom stereocenters. The summed E-state index contributed by atoms with van der Waals surface area (Å²) in [6.07, 6.45) is -9.66. The molecule has 1 N–H and O–H groups in total. The molecule has 0 saturated heterocycles. The van der Waals surface area contributed by atoms with Gasteiger partial charge in [0.15, 0.2) is 0 Å². The van der Waals surface area contributed by atoms with Crippen LogP contribution in [0.3, 0.4) is 0 Å². The van der Waals surface area contributed by atoms with Crippen LogP contribution >= 0.6 is 0 Å². The molecule has 0 amide bonds. The minimum Gasteiger partial charge on any atom is -0.507 e. The molecule has 0 fully saturated rings. The number of hydrogen-bond donors (Lipinski definition) is 1. The molecule has 0 spiro atoms. The standard InChI is InChI=1S/C9H6F6O/c1-4-2-6(9(13,14)15)7(16)3-5(4)8(10,11)12/h2-3,16H,1H3. The van der Waals surface area contributed by atoms with Crippen LogP contribution in [-0.4, -0.2) is 5.11 Å². The van der Waals surface area contributed by atoms with E-state index in [9.17, 15) is 26.3 Å². The molecule has 0 bridgehead atoms. The fraction of sp³-hybridized carbons (Fsp3) is 0.333. The Kier molecular flexibility index (Phi) is 2.82. The summed E-state index contributed by atoms with van der Waals surface area (Å²) in [6, 6.07) is 0.357. The number of phenols is 1. The fourth-order valence-electron chi connectivity index (χ4n) is 1.23. The number of benzene rings is 1. The van der Waals surface area contributed by atoms with Crippen molar-refractivity contribution in [1.29, 1.82) is 0 Å². The molecule has 1 aromatic rings. The summed E-state index contributed by atoms with van der Waals surface area (Å²) in [7, 11) is 0. The first-order chi connectivity index (χ1) is 7.03. The highest BCUT2D eigenvalue weighted by molar-refractivity contribution is 5.44. The van der Waals surface area contributed by atoms with Crippen molar-refractivity contribution in [3.05, 3.63) is 28.8 Å². The predicted molar refractivity (Wildman–Crippen MR) is 42.8 cm³/mol. The van der Waals surface area contributed by atoms with Gasteiger partial charge in [-0.25, -0.2) is 0 Å². The molecule has 1 aromatic carbocycles. The summed E-state index contributed by atoms with van der Waals surface area (Å²) in [5, 5.41) is 8.89. The lowest BCUT2D eigenvalue weighted by Gasteiger charge is -2.14. The lowest BCUT2D eigenvalue weighted by Crippen LogP contribution is -2.11. The minimum atomic E-state index is -4.88. The molecule has 0 saturated carbocycles. The Morgan fingerprint density at radius 1 is 0.875 bits per heavy atom. The Balaban J connectivity index is 3.40. The van der Waals surface area contributed by atoms with E-state index in [2.05, 4.69) is 0 Å². The Bertz CT molecular complexity index is 364. The van der Waals surface area contributed by atoms with E-state index in [1.54, 1.807) is 0 Å². The Labute approximate surface area is 86.3 Å². The number of phenolic OH excluding ortho intramolecular Hbond substituents is 1. The van der Waals surface area contributed by atoms with Crippen LogP contribution in [-0.2, 0) is 12.4 Å². The van der Waals surface area contributed by atoms with Gasteiger partial charge in [-0.2, -0.15) is 26.3 Å². The van der Waals surface area contributed by atoms with E-state index in [0.717, 1.165) is 6.92 Å². The van der Waals surface area contributed by atoms with Crippen LogP contribution in [0.5, 0.6) is 5.75 Å². The third kappa shape index (κ3) is 2.40. The zero-order chi connectivity index (χ0) is 12.7. The fourth-order valence-corrected chi connectivity index (χ4v) is 1.23. The van der Waals surface area contributed by atoms with Crippen molar-refractivity contribution in [2.24, 2.45) is 0 Å². The van der Waals surface area contributed by atoms with E-state index in [-0.39, 0.29) is 12.1 Å². The van der Waals surface area contributed by atoms with Crippen molar-refractivity contribution in [2.45, 2.75) is 19.3 Å². The van der Waals surface area contributed by atoms with Crippen LogP contribution in [0, 0.1) is 6.92 Å². The summed E-state index contributed by atoms with van der Waals surface area (Å²) in [5.74, 6) is -1.43. The second-order valence-electron chi connectivity index (χ2n) is 3.18. The van der Waals surface area contributed by atoms with E-state index in [4.69, 9.17) is 5.11 Å². The maximum atomic E-state index is 12.3. The topological polar surface area (TPSA) is 20.2 Å². The van der Waals surface area contributed by atoms with Gasteiger partial charge in [-0.15, -0.1) is 0 Å². The summed E-state index contributed by atoms with van der Waals surface area (Å²) >= 11 is 0. The second-order valence-corrected chi connectivity index (χ2v) is 3.18. The average Bonchev–Trinajstić information content (AvgIpc) is 2.04. The van der Waals surface area contributed by atoms with E-state index in [1.165, 1.54) is 0 Å².